The van der Waals surface area contributed by atoms with E-state index in [-0.39, 0.29) is 11.4 Å². The number of amides is 1. The van der Waals surface area contributed by atoms with Crippen molar-refractivity contribution in [3.05, 3.63) is 82.9 Å². The van der Waals surface area contributed by atoms with Crippen LogP contribution in [-0.4, -0.2) is 25.7 Å². The van der Waals surface area contributed by atoms with E-state index in [1.165, 1.54) is 0 Å². The molecule has 0 bridgehead atoms. The van der Waals surface area contributed by atoms with Crippen LogP contribution in [0.15, 0.2) is 54.9 Å². The van der Waals surface area contributed by atoms with Gasteiger partial charge in [0.05, 0.1) is 22.2 Å². The average molecular weight is 470 g/mol. The number of pyridine rings is 2. The van der Waals surface area contributed by atoms with Crippen molar-refractivity contribution in [3.63, 3.8) is 0 Å². The Morgan fingerprint density at radius 1 is 1.14 bits per heavy atom. The van der Waals surface area contributed by atoms with Gasteiger partial charge in [0, 0.05) is 36.1 Å². The highest BCUT2D eigenvalue weighted by molar-refractivity contribution is 6.06. The summed E-state index contributed by atoms with van der Waals surface area (Å²) in [5.41, 5.74) is 5.05. The van der Waals surface area contributed by atoms with Gasteiger partial charge in [0.25, 0.3) is 5.91 Å². The quantitative estimate of drug-likeness (QED) is 0.398. The van der Waals surface area contributed by atoms with Crippen molar-refractivity contribution < 1.29 is 9.53 Å². The van der Waals surface area contributed by atoms with Crippen molar-refractivity contribution >= 4 is 16.9 Å². The lowest BCUT2D eigenvalue weighted by Crippen LogP contribution is -2.25. The molecule has 4 aromatic rings. The Morgan fingerprint density at radius 2 is 1.91 bits per heavy atom. The predicted octanol–water partition coefficient (Wildman–Crippen LogP) is 5.28. The van der Waals surface area contributed by atoms with Gasteiger partial charge in [-0.25, -0.2) is 9.67 Å². The van der Waals surface area contributed by atoms with E-state index in [0.717, 1.165) is 52.1 Å². The monoisotopic (exact) mass is 469 g/mol. The van der Waals surface area contributed by atoms with Crippen LogP contribution in [0.5, 0.6) is 5.75 Å². The van der Waals surface area contributed by atoms with Crippen molar-refractivity contribution in [2.24, 2.45) is 0 Å². The van der Waals surface area contributed by atoms with Gasteiger partial charge >= 0.3 is 0 Å². The molecule has 1 saturated carbocycles. The molecule has 7 nitrogen and oxygen atoms in total. The Bertz CT molecular complexity index is 1350. The number of hydrogen-bond acceptors (Lipinski definition) is 5. The first kappa shape index (κ1) is 23.0. The normalized spacial score (nSPS) is 13.7. The first-order valence-corrected chi connectivity index (χ1v) is 12.1. The smallest absolute Gasteiger partial charge is 0.252 e. The van der Waals surface area contributed by atoms with Crippen LogP contribution in [0.1, 0.15) is 72.4 Å². The second-order valence-corrected chi connectivity index (χ2v) is 10.2. The number of nitrogens with one attached hydrogen (secondary N) is 1. The van der Waals surface area contributed by atoms with Gasteiger partial charge in [-0.1, -0.05) is 18.2 Å². The van der Waals surface area contributed by atoms with Crippen LogP contribution in [0.2, 0.25) is 0 Å². The van der Waals surface area contributed by atoms with E-state index in [4.69, 9.17) is 14.8 Å². The molecule has 1 aliphatic rings. The molecule has 1 N–H and O–H groups in total. The van der Waals surface area contributed by atoms with Gasteiger partial charge in [0.2, 0.25) is 0 Å². The highest BCUT2D eigenvalue weighted by atomic mass is 16.5. The SMILES string of the molecule is Cc1nn(C(C)(C)C)c2nc(C3CC3)cc(C(=O)NCc3ccc(OCc4cccnc4)cc3)c12. The van der Waals surface area contributed by atoms with Crippen LogP contribution in [0.4, 0.5) is 0 Å². The molecule has 1 fully saturated rings. The molecular weight excluding hydrogens is 438 g/mol. The summed E-state index contributed by atoms with van der Waals surface area (Å²) >= 11 is 0. The zero-order valence-electron chi connectivity index (χ0n) is 20.7. The van der Waals surface area contributed by atoms with E-state index in [1.54, 1.807) is 12.4 Å². The summed E-state index contributed by atoms with van der Waals surface area (Å²) in [6, 6.07) is 13.6. The number of carbonyl (C=O) groups is 1. The maximum absolute atomic E-state index is 13.4. The Labute approximate surface area is 205 Å². The average Bonchev–Trinajstić information content (AvgIpc) is 3.64. The zero-order chi connectivity index (χ0) is 24.6. The summed E-state index contributed by atoms with van der Waals surface area (Å²) in [6.07, 6.45) is 5.78. The number of ether oxygens (including phenoxy) is 1. The summed E-state index contributed by atoms with van der Waals surface area (Å²) in [6.45, 7) is 9.16. The summed E-state index contributed by atoms with van der Waals surface area (Å²) < 4.78 is 7.78. The van der Waals surface area contributed by atoms with Crippen molar-refractivity contribution in [1.82, 2.24) is 25.1 Å². The number of fused-ring (bicyclic) bond motifs is 1. The summed E-state index contributed by atoms with van der Waals surface area (Å²) in [5, 5.41) is 8.68. The van der Waals surface area contributed by atoms with Gasteiger partial charge in [0.15, 0.2) is 5.65 Å². The van der Waals surface area contributed by atoms with E-state index < -0.39 is 0 Å². The predicted molar refractivity (Wildman–Crippen MR) is 135 cm³/mol. The van der Waals surface area contributed by atoms with Crippen molar-refractivity contribution in [2.75, 3.05) is 0 Å². The largest absolute Gasteiger partial charge is 0.489 e. The first-order chi connectivity index (χ1) is 16.8. The van der Waals surface area contributed by atoms with Crippen LogP contribution in [-0.2, 0) is 18.7 Å². The minimum atomic E-state index is -0.226. The minimum absolute atomic E-state index is 0.104. The number of hydrogen-bond donors (Lipinski definition) is 1. The summed E-state index contributed by atoms with van der Waals surface area (Å²) in [5.74, 6) is 1.11. The molecule has 35 heavy (non-hydrogen) atoms. The van der Waals surface area contributed by atoms with Crippen molar-refractivity contribution in [3.8, 4) is 5.75 Å². The maximum atomic E-state index is 13.4. The Morgan fingerprint density at radius 3 is 2.57 bits per heavy atom. The highest BCUT2D eigenvalue weighted by Gasteiger charge is 2.30. The molecule has 0 unspecified atom stereocenters. The number of benzene rings is 1. The van der Waals surface area contributed by atoms with E-state index in [2.05, 4.69) is 31.1 Å². The Balaban J connectivity index is 1.32. The van der Waals surface area contributed by atoms with Gasteiger partial charge in [-0.05, 0) is 70.4 Å². The number of rotatable bonds is 7. The fourth-order valence-corrected chi connectivity index (χ4v) is 4.17. The second-order valence-electron chi connectivity index (χ2n) is 10.2. The lowest BCUT2D eigenvalue weighted by atomic mass is 10.1. The molecule has 0 saturated heterocycles. The van der Waals surface area contributed by atoms with E-state index >= 15 is 0 Å². The number of carbonyl (C=O) groups excluding carboxylic acids is 1. The van der Waals surface area contributed by atoms with Crippen LogP contribution >= 0.6 is 0 Å². The van der Waals surface area contributed by atoms with Crippen LogP contribution < -0.4 is 10.1 Å². The molecule has 7 heteroatoms. The van der Waals surface area contributed by atoms with Gasteiger partial charge < -0.3 is 10.1 Å². The molecule has 3 aromatic heterocycles. The van der Waals surface area contributed by atoms with E-state index in [1.807, 2.05) is 54.1 Å². The fourth-order valence-electron chi connectivity index (χ4n) is 4.17. The van der Waals surface area contributed by atoms with Crippen LogP contribution in [0.3, 0.4) is 0 Å². The Kier molecular flexibility index (Phi) is 6.01. The van der Waals surface area contributed by atoms with Crippen molar-refractivity contribution in [2.45, 2.75) is 65.1 Å². The van der Waals surface area contributed by atoms with Crippen LogP contribution in [0.25, 0.3) is 11.0 Å². The number of nitrogens with zero attached hydrogens (tertiary/aromatic N) is 4. The summed E-state index contributed by atoms with van der Waals surface area (Å²) in [4.78, 5) is 22.4. The molecular formula is C28H31N5O2. The van der Waals surface area contributed by atoms with Gasteiger partial charge in [-0.15, -0.1) is 0 Å². The van der Waals surface area contributed by atoms with Gasteiger partial charge in [-0.3, -0.25) is 9.78 Å². The van der Waals surface area contributed by atoms with Gasteiger partial charge in [-0.2, -0.15) is 5.10 Å². The topological polar surface area (TPSA) is 81.9 Å². The third-order valence-electron chi connectivity index (χ3n) is 6.21. The molecule has 5 rings (SSSR count). The molecule has 0 aliphatic heterocycles. The molecule has 180 valence electrons. The number of aryl methyl sites for hydroxylation is 1. The van der Waals surface area contributed by atoms with Crippen LogP contribution in [0, 0.1) is 6.92 Å². The maximum Gasteiger partial charge on any atom is 0.252 e. The highest BCUT2D eigenvalue weighted by Crippen LogP contribution is 2.41. The molecule has 0 radical (unpaired) electrons. The minimum Gasteiger partial charge on any atom is -0.489 e. The molecule has 1 aromatic carbocycles. The second kappa shape index (κ2) is 9.13. The Hall–Kier alpha value is -3.74. The first-order valence-electron chi connectivity index (χ1n) is 12.1. The molecule has 1 aliphatic carbocycles. The van der Waals surface area contributed by atoms with Crippen molar-refractivity contribution in [1.29, 1.82) is 0 Å². The molecule has 0 spiro atoms. The molecule has 0 atom stereocenters. The van der Waals surface area contributed by atoms with E-state index in [9.17, 15) is 4.79 Å². The molecule has 1 amide bonds. The molecule has 3 heterocycles. The van der Waals surface area contributed by atoms with E-state index in [0.29, 0.717) is 24.6 Å². The lowest BCUT2D eigenvalue weighted by molar-refractivity contribution is 0.0952. The van der Waals surface area contributed by atoms with Gasteiger partial charge in [0.1, 0.15) is 12.4 Å². The third-order valence-corrected chi connectivity index (χ3v) is 6.21. The lowest BCUT2D eigenvalue weighted by Gasteiger charge is -2.20. The number of aromatic nitrogens is 4. The zero-order valence-corrected chi connectivity index (χ0v) is 20.7. The standard InChI is InChI=1S/C28H31N5O2/c1-18-25-23(14-24(21-9-10-21)31-26(25)33(32-18)28(2,3)4)27(34)30-16-19-7-11-22(12-8-19)35-17-20-6-5-13-29-15-20/h5-8,11-15,21H,9-10,16-17H2,1-4H3,(H,30,34). The fraction of sp³-hybridized carbons (Fsp3) is 0.357. The summed E-state index contributed by atoms with van der Waals surface area (Å²) in [7, 11) is 0. The third kappa shape index (κ3) is 5.04.